The van der Waals surface area contributed by atoms with Gasteiger partial charge in [0, 0.05) is 18.3 Å². The third kappa shape index (κ3) is 2.53. The molecule has 0 radical (unpaired) electrons. The Kier molecular flexibility index (Phi) is 3.37. The second-order valence-corrected chi connectivity index (χ2v) is 4.15. The van der Waals surface area contributed by atoms with Crippen LogP contribution in [0, 0.1) is 17.5 Å². The first kappa shape index (κ1) is 12.6. The van der Waals surface area contributed by atoms with E-state index in [9.17, 15) is 13.2 Å². The molecule has 1 aromatic heterocycles. The predicted octanol–water partition coefficient (Wildman–Crippen LogP) is 2.98. The van der Waals surface area contributed by atoms with Gasteiger partial charge in [-0.1, -0.05) is 0 Å². The fourth-order valence-corrected chi connectivity index (χ4v) is 1.53. The molecule has 0 fully saturated rings. The highest BCUT2D eigenvalue weighted by molar-refractivity contribution is 9.10. The van der Waals surface area contributed by atoms with Crippen LogP contribution in [0.15, 0.2) is 22.8 Å². The molecule has 3 N–H and O–H groups in total. The number of nitrogens with zero attached hydrogens (tertiary/aromatic N) is 2. The third-order valence-electron chi connectivity index (χ3n) is 2.01. The fourth-order valence-electron chi connectivity index (χ4n) is 1.24. The molecule has 4 nitrogen and oxygen atoms in total. The van der Waals surface area contributed by atoms with Gasteiger partial charge in [-0.2, -0.15) is 4.98 Å². The number of nitrogen functional groups attached to an aromatic ring is 1. The van der Waals surface area contributed by atoms with Crippen molar-refractivity contribution in [3.8, 4) is 0 Å². The van der Waals surface area contributed by atoms with E-state index < -0.39 is 17.5 Å². The lowest BCUT2D eigenvalue weighted by Gasteiger charge is -2.09. The SMILES string of the molecule is Nc1ncc(Br)c(Nc2cc(F)cc(F)c2F)n1. The average molecular weight is 319 g/mol. The standard InChI is InChI=1S/C10H6BrF3N4/c11-5-3-16-10(15)18-9(5)17-7-2-4(12)1-6(13)8(7)14/h1-3H,(H3,15,16,17,18). The maximum Gasteiger partial charge on any atom is 0.222 e. The molecule has 0 bridgehead atoms. The van der Waals surface area contributed by atoms with Crippen molar-refractivity contribution >= 4 is 33.4 Å². The largest absolute Gasteiger partial charge is 0.368 e. The number of nitrogens with two attached hydrogens (primary N) is 1. The summed E-state index contributed by atoms with van der Waals surface area (Å²) in [6.07, 6.45) is 1.33. The van der Waals surface area contributed by atoms with Gasteiger partial charge < -0.3 is 11.1 Å². The first-order chi connectivity index (χ1) is 8.47. The van der Waals surface area contributed by atoms with E-state index in [0.717, 1.165) is 6.07 Å². The molecule has 0 aliphatic rings. The van der Waals surface area contributed by atoms with Gasteiger partial charge in [-0.05, 0) is 15.9 Å². The quantitative estimate of drug-likeness (QED) is 0.835. The molecule has 0 unspecified atom stereocenters. The van der Waals surface area contributed by atoms with E-state index in [-0.39, 0.29) is 17.5 Å². The number of aromatic nitrogens is 2. The van der Waals surface area contributed by atoms with Crippen LogP contribution in [-0.2, 0) is 0 Å². The summed E-state index contributed by atoms with van der Waals surface area (Å²) in [5.74, 6) is -3.37. The number of rotatable bonds is 2. The second kappa shape index (κ2) is 4.81. The molecule has 0 atom stereocenters. The normalized spacial score (nSPS) is 10.4. The molecule has 0 aliphatic heterocycles. The lowest BCUT2D eigenvalue weighted by molar-refractivity contribution is 0.498. The van der Waals surface area contributed by atoms with Crippen molar-refractivity contribution in [2.75, 3.05) is 11.1 Å². The number of anilines is 3. The summed E-state index contributed by atoms with van der Waals surface area (Å²) in [4.78, 5) is 7.44. The van der Waals surface area contributed by atoms with Crippen LogP contribution in [0.5, 0.6) is 0 Å². The van der Waals surface area contributed by atoms with E-state index in [1.54, 1.807) is 0 Å². The van der Waals surface area contributed by atoms with Gasteiger partial charge in [-0.15, -0.1) is 0 Å². The molecule has 0 spiro atoms. The number of halogens is 4. The molecule has 94 valence electrons. The first-order valence-electron chi connectivity index (χ1n) is 4.67. The van der Waals surface area contributed by atoms with E-state index >= 15 is 0 Å². The molecule has 18 heavy (non-hydrogen) atoms. The van der Waals surface area contributed by atoms with Gasteiger partial charge in [0.2, 0.25) is 5.95 Å². The Balaban J connectivity index is 2.43. The smallest absolute Gasteiger partial charge is 0.222 e. The van der Waals surface area contributed by atoms with E-state index in [1.165, 1.54) is 6.20 Å². The second-order valence-electron chi connectivity index (χ2n) is 3.30. The highest BCUT2D eigenvalue weighted by atomic mass is 79.9. The van der Waals surface area contributed by atoms with Gasteiger partial charge in [0.05, 0.1) is 10.2 Å². The van der Waals surface area contributed by atoms with E-state index in [1.807, 2.05) is 0 Å². The van der Waals surface area contributed by atoms with Crippen molar-refractivity contribution in [2.45, 2.75) is 0 Å². The van der Waals surface area contributed by atoms with Crippen LogP contribution in [0.1, 0.15) is 0 Å². The van der Waals surface area contributed by atoms with Crippen LogP contribution in [-0.4, -0.2) is 9.97 Å². The number of benzene rings is 1. The highest BCUT2D eigenvalue weighted by Gasteiger charge is 2.13. The average Bonchev–Trinajstić information content (AvgIpc) is 2.30. The van der Waals surface area contributed by atoms with E-state index in [4.69, 9.17) is 5.73 Å². The van der Waals surface area contributed by atoms with Crippen LogP contribution >= 0.6 is 15.9 Å². The van der Waals surface area contributed by atoms with E-state index in [2.05, 4.69) is 31.2 Å². The molecule has 0 saturated heterocycles. The summed E-state index contributed by atoms with van der Waals surface area (Å²) in [5.41, 5.74) is 4.97. The van der Waals surface area contributed by atoms with Gasteiger partial charge in [0.25, 0.3) is 0 Å². The molecular weight excluding hydrogens is 313 g/mol. The number of nitrogens with one attached hydrogen (secondary N) is 1. The molecule has 2 aromatic rings. The minimum absolute atomic E-state index is 0.0574. The fraction of sp³-hybridized carbons (Fsp3) is 0. The third-order valence-corrected chi connectivity index (χ3v) is 2.59. The molecule has 1 heterocycles. The van der Waals surface area contributed by atoms with Gasteiger partial charge in [0.1, 0.15) is 11.6 Å². The van der Waals surface area contributed by atoms with Crippen LogP contribution in [0.25, 0.3) is 0 Å². The highest BCUT2D eigenvalue weighted by Crippen LogP contribution is 2.26. The molecular formula is C10H6BrF3N4. The molecule has 0 aliphatic carbocycles. The molecule has 8 heteroatoms. The van der Waals surface area contributed by atoms with Crippen molar-refractivity contribution < 1.29 is 13.2 Å². The Morgan fingerprint density at radius 3 is 2.67 bits per heavy atom. The van der Waals surface area contributed by atoms with Crippen LogP contribution in [0.2, 0.25) is 0 Å². The summed E-state index contributed by atoms with van der Waals surface area (Å²) in [6, 6.07) is 1.26. The van der Waals surface area contributed by atoms with Crippen LogP contribution in [0.3, 0.4) is 0 Å². The Bertz CT molecular complexity index is 606. The van der Waals surface area contributed by atoms with Crippen molar-refractivity contribution in [1.29, 1.82) is 0 Å². The predicted molar refractivity (Wildman–Crippen MR) is 63.7 cm³/mol. The van der Waals surface area contributed by atoms with Gasteiger partial charge in [-0.25, -0.2) is 18.2 Å². The van der Waals surface area contributed by atoms with Crippen molar-refractivity contribution in [1.82, 2.24) is 9.97 Å². The summed E-state index contributed by atoms with van der Waals surface area (Å²) in [5, 5.41) is 2.43. The summed E-state index contributed by atoms with van der Waals surface area (Å²) < 4.78 is 39.8. The van der Waals surface area contributed by atoms with Crippen LogP contribution in [0.4, 0.5) is 30.6 Å². The van der Waals surface area contributed by atoms with Crippen molar-refractivity contribution in [3.05, 3.63) is 40.3 Å². The Morgan fingerprint density at radius 1 is 1.22 bits per heavy atom. The van der Waals surface area contributed by atoms with Gasteiger partial charge in [-0.3, -0.25) is 0 Å². The zero-order valence-corrected chi connectivity index (χ0v) is 10.3. The minimum atomic E-state index is -1.30. The number of hydrogen-bond donors (Lipinski definition) is 2. The topological polar surface area (TPSA) is 63.8 Å². The summed E-state index contributed by atoms with van der Waals surface area (Å²) in [7, 11) is 0. The molecule has 1 aromatic carbocycles. The Morgan fingerprint density at radius 2 is 1.94 bits per heavy atom. The molecule has 0 amide bonds. The van der Waals surface area contributed by atoms with Crippen molar-refractivity contribution in [2.24, 2.45) is 0 Å². The van der Waals surface area contributed by atoms with Gasteiger partial charge in [0.15, 0.2) is 11.6 Å². The van der Waals surface area contributed by atoms with Crippen LogP contribution < -0.4 is 11.1 Å². The zero-order chi connectivity index (χ0) is 13.3. The van der Waals surface area contributed by atoms with E-state index in [0.29, 0.717) is 10.5 Å². The summed E-state index contributed by atoms with van der Waals surface area (Å²) >= 11 is 3.10. The lowest BCUT2D eigenvalue weighted by Crippen LogP contribution is -2.03. The Hall–Kier alpha value is -1.83. The monoisotopic (exact) mass is 318 g/mol. The lowest BCUT2D eigenvalue weighted by atomic mass is 10.3. The maximum absolute atomic E-state index is 13.4. The number of hydrogen-bond acceptors (Lipinski definition) is 4. The first-order valence-corrected chi connectivity index (χ1v) is 5.46. The maximum atomic E-state index is 13.4. The zero-order valence-electron chi connectivity index (χ0n) is 8.72. The summed E-state index contributed by atoms with van der Waals surface area (Å²) in [6.45, 7) is 0. The van der Waals surface area contributed by atoms with Gasteiger partial charge >= 0.3 is 0 Å². The molecule has 2 rings (SSSR count). The minimum Gasteiger partial charge on any atom is -0.368 e. The van der Waals surface area contributed by atoms with Crippen molar-refractivity contribution in [3.63, 3.8) is 0 Å². The Labute approximate surface area is 108 Å². The molecule has 0 saturated carbocycles.